The molecule has 1 aromatic heterocycles. The van der Waals surface area contributed by atoms with Crippen LogP contribution in [0.3, 0.4) is 0 Å². The molecule has 2 rings (SSSR count). The van der Waals surface area contributed by atoms with E-state index in [1.165, 1.54) is 0 Å². The molecule has 0 radical (unpaired) electrons. The third-order valence-corrected chi connectivity index (χ3v) is 3.66. The number of nitrogens with one attached hydrogen (secondary N) is 2. The molecule has 0 atom stereocenters. The summed E-state index contributed by atoms with van der Waals surface area (Å²) in [5, 5.41) is 6.93. The second-order valence-electron chi connectivity index (χ2n) is 5.63. The number of carbonyl (C=O) groups excluding carboxylic acids is 1. The number of benzene rings is 1. The van der Waals surface area contributed by atoms with Crippen molar-refractivity contribution in [1.82, 2.24) is 9.88 Å². The average molecular weight is 367 g/mol. The highest BCUT2D eigenvalue weighted by molar-refractivity contribution is 6.35. The summed E-state index contributed by atoms with van der Waals surface area (Å²) in [5.74, 6) is -0.313. The van der Waals surface area contributed by atoms with E-state index in [0.29, 0.717) is 21.4 Å². The zero-order valence-electron chi connectivity index (χ0n) is 13.6. The predicted octanol–water partition coefficient (Wildman–Crippen LogP) is 4.00. The Morgan fingerprint density at radius 1 is 1.12 bits per heavy atom. The third kappa shape index (κ3) is 6.00. The predicted molar refractivity (Wildman–Crippen MR) is 100 cm³/mol. The molecule has 5 nitrogen and oxygen atoms in total. The van der Waals surface area contributed by atoms with E-state index in [2.05, 4.69) is 20.5 Å². The molecule has 0 aliphatic rings. The SMILES string of the molecule is CN(C)CCCNc1ccc(C(=O)Nc2cc(Cl)cc(Cl)c2)nc1. The Bertz CT molecular complexity index is 669. The molecule has 0 unspecified atom stereocenters. The largest absolute Gasteiger partial charge is 0.384 e. The zero-order valence-corrected chi connectivity index (χ0v) is 15.2. The first kappa shape index (κ1) is 18.5. The van der Waals surface area contributed by atoms with Gasteiger partial charge in [0, 0.05) is 22.3 Å². The lowest BCUT2D eigenvalue weighted by atomic mass is 10.2. The first-order chi connectivity index (χ1) is 11.4. The fraction of sp³-hybridized carbons (Fsp3) is 0.294. The molecular weight excluding hydrogens is 347 g/mol. The number of hydrogen-bond donors (Lipinski definition) is 2. The first-order valence-corrected chi connectivity index (χ1v) is 8.32. The van der Waals surface area contributed by atoms with Crippen molar-refractivity contribution >= 4 is 40.5 Å². The van der Waals surface area contributed by atoms with Gasteiger partial charge in [0.25, 0.3) is 5.91 Å². The lowest BCUT2D eigenvalue weighted by molar-refractivity contribution is 0.102. The van der Waals surface area contributed by atoms with Crippen LogP contribution in [0, 0.1) is 0 Å². The monoisotopic (exact) mass is 366 g/mol. The summed E-state index contributed by atoms with van der Waals surface area (Å²) in [6.07, 6.45) is 2.68. The van der Waals surface area contributed by atoms with E-state index < -0.39 is 0 Å². The van der Waals surface area contributed by atoms with Gasteiger partial charge in [-0.2, -0.15) is 0 Å². The summed E-state index contributed by atoms with van der Waals surface area (Å²) in [5.41, 5.74) is 1.74. The highest BCUT2D eigenvalue weighted by atomic mass is 35.5. The Hall–Kier alpha value is -1.82. The summed E-state index contributed by atoms with van der Waals surface area (Å²) in [6.45, 7) is 1.87. The molecule has 1 aromatic carbocycles. The van der Waals surface area contributed by atoms with Crippen LogP contribution in [0.25, 0.3) is 0 Å². The topological polar surface area (TPSA) is 57.3 Å². The summed E-state index contributed by atoms with van der Waals surface area (Å²) in [6, 6.07) is 8.38. The number of anilines is 2. The van der Waals surface area contributed by atoms with Crippen LogP contribution in [-0.4, -0.2) is 43.0 Å². The molecule has 24 heavy (non-hydrogen) atoms. The van der Waals surface area contributed by atoms with Crippen LogP contribution in [0.15, 0.2) is 36.5 Å². The molecule has 0 saturated carbocycles. The Kier molecular flexibility index (Phi) is 6.85. The van der Waals surface area contributed by atoms with E-state index >= 15 is 0 Å². The fourth-order valence-electron chi connectivity index (χ4n) is 2.08. The average Bonchev–Trinajstić information content (AvgIpc) is 2.51. The number of halogens is 2. The van der Waals surface area contributed by atoms with Gasteiger partial charge in [0.1, 0.15) is 5.69 Å². The first-order valence-electron chi connectivity index (χ1n) is 7.56. The van der Waals surface area contributed by atoms with Gasteiger partial charge in [-0.25, -0.2) is 4.98 Å². The van der Waals surface area contributed by atoms with Crippen LogP contribution in [0.4, 0.5) is 11.4 Å². The van der Waals surface area contributed by atoms with Gasteiger partial charge in [-0.05, 0) is 57.4 Å². The van der Waals surface area contributed by atoms with Crippen molar-refractivity contribution in [1.29, 1.82) is 0 Å². The second-order valence-corrected chi connectivity index (χ2v) is 6.50. The van der Waals surface area contributed by atoms with Crippen LogP contribution in [-0.2, 0) is 0 Å². The van der Waals surface area contributed by atoms with Gasteiger partial charge < -0.3 is 15.5 Å². The lowest BCUT2D eigenvalue weighted by Crippen LogP contribution is -2.16. The number of carbonyl (C=O) groups is 1. The van der Waals surface area contributed by atoms with E-state index in [9.17, 15) is 4.79 Å². The molecule has 0 fully saturated rings. The molecule has 0 spiro atoms. The summed E-state index contributed by atoms with van der Waals surface area (Å²) in [7, 11) is 4.09. The molecule has 2 N–H and O–H groups in total. The Balaban J connectivity index is 1.91. The van der Waals surface area contributed by atoms with Crippen molar-refractivity contribution in [2.45, 2.75) is 6.42 Å². The minimum absolute atomic E-state index is 0.313. The van der Waals surface area contributed by atoms with Gasteiger partial charge in [0.2, 0.25) is 0 Å². The molecular formula is C17H20Cl2N4O. The maximum atomic E-state index is 12.2. The quantitative estimate of drug-likeness (QED) is 0.727. The lowest BCUT2D eigenvalue weighted by Gasteiger charge is -2.11. The highest BCUT2D eigenvalue weighted by Crippen LogP contribution is 2.22. The number of aromatic nitrogens is 1. The molecule has 0 aliphatic carbocycles. The highest BCUT2D eigenvalue weighted by Gasteiger charge is 2.08. The maximum absolute atomic E-state index is 12.2. The van der Waals surface area contributed by atoms with Gasteiger partial charge in [-0.1, -0.05) is 23.2 Å². The standard InChI is InChI=1S/C17H20Cl2N4O/c1-23(2)7-3-6-20-14-4-5-16(21-11-14)17(24)22-15-9-12(18)8-13(19)10-15/h4-5,8-11,20H,3,6-7H2,1-2H3,(H,22,24). The molecule has 0 saturated heterocycles. The van der Waals surface area contributed by atoms with Gasteiger partial charge >= 0.3 is 0 Å². The number of hydrogen-bond acceptors (Lipinski definition) is 4. The van der Waals surface area contributed by atoms with Gasteiger partial charge in [-0.3, -0.25) is 4.79 Å². The van der Waals surface area contributed by atoms with Gasteiger partial charge in [0.15, 0.2) is 0 Å². The van der Waals surface area contributed by atoms with E-state index in [0.717, 1.165) is 25.2 Å². The van der Waals surface area contributed by atoms with Crippen molar-refractivity contribution < 1.29 is 4.79 Å². The molecule has 128 valence electrons. The molecule has 0 bridgehead atoms. The minimum atomic E-state index is -0.313. The molecule has 1 amide bonds. The van der Waals surface area contributed by atoms with Crippen LogP contribution >= 0.6 is 23.2 Å². The number of pyridine rings is 1. The van der Waals surface area contributed by atoms with Gasteiger partial charge in [-0.15, -0.1) is 0 Å². The normalized spacial score (nSPS) is 10.7. The number of rotatable bonds is 7. The fourth-order valence-corrected chi connectivity index (χ4v) is 2.61. The molecule has 2 aromatic rings. The minimum Gasteiger partial charge on any atom is -0.384 e. The number of nitrogens with zero attached hydrogens (tertiary/aromatic N) is 2. The second kappa shape index (κ2) is 8.87. The maximum Gasteiger partial charge on any atom is 0.274 e. The smallest absolute Gasteiger partial charge is 0.274 e. The summed E-state index contributed by atoms with van der Waals surface area (Å²) >= 11 is 11.8. The van der Waals surface area contributed by atoms with Crippen LogP contribution in [0.2, 0.25) is 10.0 Å². The van der Waals surface area contributed by atoms with E-state index in [1.807, 2.05) is 20.2 Å². The third-order valence-electron chi connectivity index (χ3n) is 3.23. The Labute approximate surface area is 152 Å². The van der Waals surface area contributed by atoms with E-state index in [1.54, 1.807) is 30.5 Å². The van der Waals surface area contributed by atoms with E-state index in [-0.39, 0.29) is 5.91 Å². The number of amides is 1. The van der Waals surface area contributed by atoms with Crippen LogP contribution in [0.5, 0.6) is 0 Å². The van der Waals surface area contributed by atoms with Crippen molar-refractivity contribution in [3.63, 3.8) is 0 Å². The molecule has 1 heterocycles. The van der Waals surface area contributed by atoms with Crippen LogP contribution in [0.1, 0.15) is 16.9 Å². The van der Waals surface area contributed by atoms with Crippen molar-refractivity contribution in [3.05, 3.63) is 52.3 Å². The summed E-state index contributed by atoms with van der Waals surface area (Å²) in [4.78, 5) is 18.5. The molecule has 0 aliphatic heterocycles. The summed E-state index contributed by atoms with van der Waals surface area (Å²) < 4.78 is 0. The molecule has 7 heteroatoms. The van der Waals surface area contributed by atoms with E-state index in [4.69, 9.17) is 23.2 Å². The van der Waals surface area contributed by atoms with Crippen molar-refractivity contribution in [2.24, 2.45) is 0 Å². The van der Waals surface area contributed by atoms with Crippen LogP contribution < -0.4 is 10.6 Å². The Morgan fingerprint density at radius 3 is 2.42 bits per heavy atom. The van der Waals surface area contributed by atoms with Crippen molar-refractivity contribution in [2.75, 3.05) is 37.8 Å². The zero-order chi connectivity index (χ0) is 17.5. The van der Waals surface area contributed by atoms with Gasteiger partial charge in [0.05, 0.1) is 11.9 Å². The van der Waals surface area contributed by atoms with Crippen molar-refractivity contribution in [3.8, 4) is 0 Å². The Morgan fingerprint density at radius 2 is 1.83 bits per heavy atom.